The molecule has 0 aliphatic heterocycles. The number of pyridine rings is 1. The van der Waals surface area contributed by atoms with E-state index in [0.29, 0.717) is 5.69 Å². The lowest BCUT2D eigenvalue weighted by atomic mass is 10.2. The first-order valence-corrected chi connectivity index (χ1v) is 10.5. The molecular weight excluding hydrogens is 431 g/mol. The Balaban J connectivity index is 1.80. The summed E-state index contributed by atoms with van der Waals surface area (Å²) in [5, 5.41) is 2.80. The number of nitrogens with zero attached hydrogens (tertiary/aromatic N) is 2. The Morgan fingerprint density at radius 2 is 1.77 bits per heavy atom. The third kappa shape index (κ3) is 5.05. The van der Waals surface area contributed by atoms with Crippen molar-refractivity contribution in [2.75, 3.05) is 29.0 Å². The number of nitrogens with one attached hydrogen (secondary N) is 2. The number of anilines is 3. The van der Waals surface area contributed by atoms with Crippen LogP contribution in [0.25, 0.3) is 0 Å². The molecule has 1 aromatic heterocycles. The molecule has 0 unspecified atom stereocenters. The molecule has 1 amide bonds. The monoisotopic (exact) mass is 448 g/mol. The van der Waals surface area contributed by atoms with Crippen molar-refractivity contribution in [1.29, 1.82) is 0 Å². The first-order valence-electron chi connectivity index (χ1n) is 8.68. The molecule has 0 aliphatic carbocycles. The van der Waals surface area contributed by atoms with Gasteiger partial charge in [0, 0.05) is 19.7 Å². The van der Waals surface area contributed by atoms with Crippen LogP contribution < -0.4 is 14.9 Å². The topological polar surface area (TPSA) is 91.4 Å². The maximum atomic E-state index is 13.1. The number of amides is 1. The van der Waals surface area contributed by atoms with Gasteiger partial charge in [-0.05, 0) is 54.6 Å². The van der Waals surface area contributed by atoms with Crippen LogP contribution in [-0.2, 0) is 10.0 Å². The second-order valence-electron chi connectivity index (χ2n) is 6.51. The van der Waals surface area contributed by atoms with E-state index in [1.165, 1.54) is 24.4 Å². The molecule has 0 aliphatic rings. The van der Waals surface area contributed by atoms with Crippen LogP contribution in [0.15, 0.2) is 65.7 Å². The zero-order chi connectivity index (χ0) is 21.9. The number of benzene rings is 2. The summed E-state index contributed by atoms with van der Waals surface area (Å²) < 4.78 is 40.4. The number of carbonyl (C=O) groups is 1. The smallest absolute Gasteiger partial charge is 0.261 e. The number of sulfonamides is 1. The Labute approximate surface area is 178 Å². The zero-order valence-corrected chi connectivity index (χ0v) is 17.6. The first-order chi connectivity index (χ1) is 14.2. The first kappa shape index (κ1) is 21.5. The lowest BCUT2D eigenvalue weighted by Gasteiger charge is -2.13. The van der Waals surface area contributed by atoms with Gasteiger partial charge in [0.25, 0.3) is 15.9 Å². The molecule has 0 saturated heterocycles. The molecule has 156 valence electrons. The van der Waals surface area contributed by atoms with Crippen molar-refractivity contribution in [1.82, 2.24) is 4.98 Å². The van der Waals surface area contributed by atoms with Crippen molar-refractivity contribution in [3.05, 3.63) is 77.2 Å². The quantitative estimate of drug-likeness (QED) is 0.595. The Morgan fingerprint density at radius 1 is 1.07 bits per heavy atom. The van der Waals surface area contributed by atoms with Crippen LogP contribution in [0.2, 0.25) is 5.02 Å². The Morgan fingerprint density at radius 3 is 2.37 bits per heavy atom. The second kappa shape index (κ2) is 8.68. The van der Waals surface area contributed by atoms with Gasteiger partial charge in [0.05, 0.1) is 27.5 Å². The lowest BCUT2D eigenvalue weighted by Crippen LogP contribution is -2.16. The molecule has 0 saturated carbocycles. The average molecular weight is 449 g/mol. The van der Waals surface area contributed by atoms with E-state index < -0.39 is 21.7 Å². The minimum Gasteiger partial charge on any atom is -0.363 e. The van der Waals surface area contributed by atoms with E-state index >= 15 is 0 Å². The normalized spacial score (nSPS) is 11.1. The summed E-state index contributed by atoms with van der Waals surface area (Å²) in [5.41, 5.74) is 0.691. The molecule has 7 nitrogen and oxygen atoms in total. The third-order valence-electron chi connectivity index (χ3n) is 4.06. The molecule has 3 rings (SSSR count). The largest absolute Gasteiger partial charge is 0.363 e. The number of carbonyl (C=O) groups excluding carboxylic acids is 1. The predicted octanol–water partition coefficient (Wildman–Crippen LogP) is 3.99. The van der Waals surface area contributed by atoms with Crippen molar-refractivity contribution < 1.29 is 17.6 Å². The molecule has 1 heterocycles. The Bertz CT molecular complexity index is 1170. The van der Waals surface area contributed by atoms with Crippen LogP contribution in [-0.4, -0.2) is 33.4 Å². The van der Waals surface area contributed by atoms with E-state index in [1.807, 2.05) is 19.0 Å². The van der Waals surface area contributed by atoms with Crippen LogP contribution >= 0.6 is 11.6 Å². The van der Waals surface area contributed by atoms with Crippen LogP contribution in [0.4, 0.5) is 21.6 Å². The number of aromatic nitrogens is 1. The molecule has 0 atom stereocenters. The van der Waals surface area contributed by atoms with Crippen LogP contribution in [0.3, 0.4) is 0 Å². The van der Waals surface area contributed by atoms with Crippen molar-refractivity contribution in [2.45, 2.75) is 4.90 Å². The fourth-order valence-corrected chi connectivity index (χ4v) is 3.78. The van der Waals surface area contributed by atoms with E-state index in [1.54, 1.807) is 12.1 Å². The highest BCUT2D eigenvalue weighted by Crippen LogP contribution is 2.26. The maximum absolute atomic E-state index is 13.1. The number of hydrogen-bond donors (Lipinski definition) is 2. The van der Waals surface area contributed by atoms with Gasteiger partial charge in [0.15, 0.2) is 0 Å². The fraction of sp³-hybridized carbons (Fsp3) is 0.100. The van der Waals surface area contributed by atoms with Gasteiger partial charge in [-0.15, -0.1) is 0 Å². The van der Waals surface area contributed by atoms with Crippen molar-refractivity contribution in [3.63, 3.8) is 0 Å². The number of hydrogen-bond acceptors (Lipinski definition) is 5. The molecule has 2 N–H and O–H groups in total. The molecular formula is C20H18ClFN4O3S. The van der Waals surface area contributed by atoms with Gasteiger partial charge in [-0.3, -0.25) is 9.52 Å². The highest BCUT2D eigenvalue weighted by molar-refractivity contribution is 7.92. The van der Waals surface area contributed by atoms with Crippen molar-refractivity contribution >= 4 is 44.7 Å². The Hall–Kier alpha value is -3.17. The van der Waals surface area contributed by atoms with Crippen molar-refractivity contribution in [2.24, 2.45) is 0 Å². The molecule has 0 fully saturated rings. The standard InChI is InChI=1S/C20H18ClFN4O3S/c1-26(2)19-10-6-15(12-23-19)24-20(27)13-3-9-17(21)18(11-13)25-30(28,29)16-7-4-14(22)5-8-16/h3-12,25H,1-2H3,(H,24,27). The maximum Gasteiger partial charge on any atom is 0.261 e. The number of halogens is 2. The summed E-state index contributed by atoms with van der Waals surface area (Å²) in [5.74, 6) is -0.288. The summed E-state index contributed by atoms with van der Waals surface area (Å²) in [6.07, 6.45) is 1.52. The van der Waals surface area contributed by atoms with Gasteiger partial charge in [0.2, 0.25) is 0 Å². The van der Waals surface area contributed by atoms with E-state index in [4.69, 9.17) is 11.6 Å². The zero-order valence-electron chi connectivity index (χ0n) is 16.1. The van der Waals surface area contributed by atoms with Crippen molar-refractivity contribution in [3.8, 4) is 0 Å². The molecule has 0 bridgehead atoms. The Kier molecular flexibility index (Phi) is 6.23. The van der Waals surface area contributed by atoms with Crippen LogP contribution in [0.1, 0.15) is 10.4 Å². The van der Waals surface area contributed by atoms with Gasteiger partial charge in [0.1, 0.15) is 11.6 Å². The van der Waals surface area contributed by atoms with E-state index in [-0.39, 0.29) is 21.2 Å². The van der Waals surface area contributed by atoms with Gasteiger partial charge >= 0.3 is 0 Å². The summed E-state index contributed by atoms with van der Waals surface area (Å²) >= 11 is 6.09. The molecule has 2 aromatic carbocycles. The van der Waals surface area contributed by atoms with Crippen LogP contribution in [0.5, 0.6) is 0 Å². The summed E-state index contributed by atoms with van der Waals surface area (Å²) in [6, 6.07) is 12.0. The summed E-state index contributed by atoms with van der Waals surface area (Å²) in [6.45, 7) is 0. The van der Waals surface area contributed by atoms with Gasteiger partial charge in [-0.1, -0.05) is 11.6 Å². The van der Waals surface area contributed by atoms with E-state index in [2.05, 4.69) is 15.0 Å². The van der Waals surface area contributed by atoms with E-state index in [0.717, 1.165) is 30.1 Å². The summed E-state index contributed by atoms with van der Waals surface area (Å²) in [7, 11) is -0.314. The highest BCUT2D eigenvalue weighted by Gasteiger charge is 2.17. The third-order valence-corrected chi connectivity index (χ3v) is 5.77. The highest BCUT2D eigenvalue weighted by atomic mass is 35.5. The molecule has 3 aromatic rings. The lowest BCUT2D eigenvalue weighted by molar-refractivity contribution is 0.102. The minimum absolute atomic E-state index is 0.0229. The second-order valence-corrected chi connectivity index (χ2v) is 8.60. The molecule has 0 spiro atoms. The molecule has 30 heavy (non-hydrogen) atoms. The van der Waals surface area contributed by atoms with E-state index in [9.17, 15) is 17.6 Å². The molecule has 10 heteroatoms. The number of rotatable bonds is 6. The summed E-state index contributed by atoms with van der Waals surface area (Å²) in [4.78, 5) is 18.5. The fourth-order valence-electron chi connectivity index (χ4n) is 2.49. The van der Waals surface area contributed by atoms with Gasteiger partial charge in [-0.2, -0.15) is 0 Å². The van der Waals surface area contributed by atoms with Gasteiger partial charge in [-0.25, -0.2) is 17.8 Å². The average Bonchev–Trinajstić information content (AvgIpc) is 2.70. The predicted molar refractivity (Wildman–Crippen MR) is 115 cm³/mol. The van der Waals surface area contributed by atoms with Crippen LogP contribution in [0, 0.1) is 5.82 Å². The van der Waals surface area contributed by atoms with Gasteiger partial charge < -0.3 is 10.2 Å². The SMILES string of the molecule is CN(C)c1ccc(NC(=O)c2ccc(Cl)c(NS(=O)(=O)c3ccc(F)cc3)c2)cn1. The minimum atomic E-state index is -4.01. The molecule has 0 radical (unpaired) electrons.